The Balaban J connectivity index is 2.80. The van der Waals surface area contributed by atoms with Crippen LogP contribution in [0.2, 0.25) is 0 Å². The molecule has 0 spiro atoms. The molecular weight excluding hydrogens is 232 g/mol. The summed E-state index contributed by atoms with van der Waals surface area (Å²) in [7, 11) is 1.62. The van der Waals surface area contributed by atoms with Gasteiger partial charge in [-0.25, -0.2) is 4.68 Å². The third-order valence-corrected chi connectivity index (χ3v) is 2.82. The van der Waals surface area contributed by atoms with Gasteiger partial charge in [0.25, 0.3) is 0 Å². The van der Waals surface area contributed by atoms with Crippen molar-refractivity contribution in [3.8, 4) is 6.07 Å². The number of aryl methyl sites for hydroxylation is 1. The van der Waals surface area contributed by atoms with Crippen molar-refractivity contribution >= 4 is 0 Å². The lowest BCUT2D eigenvalue weighted by Crippen LogP contribution is -2.12. The summed E-state index contributed by atoms with van der Waals surface area (Å²) >= 11 is 0. The van der Waals surface area contributed by atoms with Gasteiger partial charge in [-0.3, -0.25) is 0 Å². The zero-order chi connectivity index (χ0) is 13.5. The molecule has 1 heterocycles. The summed E-state index contributed by atoms with van der Waals surface area (Å²) in [6.07, 6.45) is 1.31. The number of hydrogen-bond donors (Lipinski definition) is 1. The van der Waals surface area contributed by atoms with E-state index in [2.05, 4.69) is 16.4 Å². The minimum Gasteiger partial charge on any atom is -0.393 e. The monoisotopic (exact) mass is 252 g/mol. The minimum absolute atomic E-state index is 0.144. The van der Waals surface area contributed by atoms with E-state index in [4.69, 9.17) is 10.00 Å². The van der Waals surface area contributed by atoms with Crippen molar-refractivity contribution in [2.24, 2.45) is 0 Å². The smallest absolute Gasteiger partial charge is 0.103 e. The van der Waals surface area contributed by atoms with Crippen LogP contribution in [0.3, 0.4) is 0 Å². The van der Waals surface area contributed by atoms with Gasteiger partial charge in [0.05, 0.1) is 30.4 Å². The first-order valence-corrected chi connectivity index (χ1v) is 6.10. The number of rotatable bonds is 7. The normalized spacial score (nSPS) is 14.2. The first-order valence-electron chi connectivity index (χ1n) is 6.10. The molecule has 0 radical (unpaired) electrons. The molecule has 1 aromatic rings. The molecule has 0 aliphatic carbocycles. The summed E-state index contributed by atoms with van der Waals surface area (Å²) in [6, 6.07) is 2.08. The van der Waals surface area contributed by atoms with Gasteiger partial charge in [0, 0.05) is 13.7 Å². The molecule has 1 rings (SSSR count). The molecule has 100 valence electrons. The highest BCUT2D eigenvalue weighted by Gasteiger charge is 2.18. The van der Waals surface area contributed by atoms with E-state index in [1.54, 1.807) is 18.7 Å². The highest BCUT2D eigenvalue weighted by molar-refractivity contribution is 5.16. The van der Waals surface area contributed by atoms with Gasteiger partial charge in [0.15, 0.2) is 0 Å². The fraction of sp³-hybridized carbons (Fsp3) is 0.750. The van der Waals surface area contributed by atoms with Crippen LogP contribution in [0.4, 0.5) is 0 Å². The maximum atomic E-state index is 9.23. The summed E-state index contributed by atoms with van der Waals surface area (Å²) in [6.45, 7) is 4.35. The van der Waals surface area contributed by atoms with Crippen molar-refractivity contribution in [1.29, 1.82) is 5.26 Å². The van der Waals surface area contributed by atoms with E-state index in [1.807, 2.05) is 6.92 Å². The van der Waals surface area contributed by atoms with E-state index in [0.717, 1.165) is 12.1 Å². The van der Waals surface area contributed by atoms with Crippen LogP contribution < -0.4 is 0 Å². The molecule has 0 aliphatic rings. The molecule has 1 N–H and O–H groups in total. The summed E-state index contributed by atoms with van der Waals surface area (Å²) in [4.78, 5) is 0. The molecule has 1 aromatic heterocycles. The molecule has 6 heteroatoms. The Kier molecular flexibility index (Phi) is 5.75. The minimum atomic E-state index is -0.310. The van der Waals surface area contributed by atoms with Gasteiger partial charge >= 0.3 is 0 Å². The van der Waals surface area contributed by atoms with Crippen LogP contribution in [0.15, 0.2) is 0 Å². The highest BCUT2D eigenvalue weighted by atomic mass is 16.5. The Morgan fingerprint density at radius 3 is 2.78 bits per heavy atom. The highest BCUT2D eigenvalue weighted by Crippen LogP contribution is 2.19. The topological polar surface area (TPSA) is 84.0 Å². The van der Waals surface area contributed by atoms with Crippen LogP contribution in [0.25, 0.3) is 0 Å². The fourth-order valence-electron chi connectivity index (χ4n) is 1.81. The van der Waals surface area contributed by atoms with E-state index in [1.165, 1.54) is 0 Å². The van der Waals surface area contributed by atoms with Crippen LogP contribution in [-0.4, -0.2) is 33.3 Å². The van der Waals surface area contributed by atoms with E-state index >= 15 is 0 Å². The third kappa shape index (κ3) is 3.79. The number of hydrogen-bond acceptors (Lipinski definition) is 5. The quantitative estimate of drug-likeness (QED) is 0.788. The lowest BCUT2D eigenvalue weighted by molar-refractivity contribution is 0.110. The van der Waals surface area contributed by atoms with E-state index in [-0.39, 0.29) is 18.6 Å². The number of methoxy groups -OCH3 is 1. The van der Waals surface area contributed by atoms with Gasteiger partial charge in [0.2, 0.25) is 0 Å². The van der Waals surface area contributed by atoms with Gasteiger partial charge in [-0.2, -0.15) is 5.26 Å². The van der Waals surface area contributed by atoms with Crippen LogP contribution >= 0.6 is 0 Å². The summed E-state index contributed by atoms with van der Waals surface area (Å²) in [5.74, 6) is 0. The number of aliphatic hydroxyl groups is 1. The maximum absolute atomic E-state index is 9.23. The number of aromatic nitrogens is 3. The van der Waals surface area contributed by atoms with Crippen molar-refractivity contribution in [2.45, 2.75) is 51.9 Å². The first-order chi connectivity index (χ1) is 8.60. The Morgan fingerprint density at radius 2 is 2.22 bits per heavy atom. The second kappa shape index (κ2) is 7.09. The second-order valence-electron chi connectivity index (χ2n) is 4.35. The van der Waals surface area contributed by atoms with Crippen LogP contribution in [-0.2, 0) is 17.7 Å². The van der Waals surface area contributed by atoms with Gasteiger partial charge in [0.1, 0.15) is 5.69 Å². The Morgan fingerprint density at radius 1 is 1.50 bits per heavy atom. The predicted molar refractivity (Wildman–Crippen MR) is 65.7 cm³/mol. The van der Waals surface area contributed by atoms with Gasteiger partial charge in [-0.15, -0.1) is 5.10 Å². The van der Waals surface area contributed by atoms with Gasteiger partial charge < -0.3 is 9.84 Å². The molecule has 18 heavy (non-hydrogen) atoms. The van der Waals surface area contributed by atoms with E-state index in [9.17, 15) is 5.11 Å². The maximum Gasteiger partial charge on any atom is 0.103 e. The lowest BCUT2D eigenvalue weighted by atomic mass is 10.1. The van der Waals surface area contributed by atoms with Crippen molar-refractivity contribution < 1.29 is 9.84 Å². The number of nitriles is 1. The molecule has 0 saturated heterocycles. The third-order valence-electron chi connectivity index (χ3n) is 2.82. The van der Waals surface area contributed by atoms with Crippen molar-refractivity contribution in [2.75, 3.05) is 7.11 Å². The largest absolute Gasteiger partial charge is 0.393 e. The zero-order valence-electron chi connectivity index (χ0n) is 11.1. The predicted octanol–water partition coefficient (Wildman–Crippen LogP) is 1.21. The van der Waals surface area contributed by atoms with Crippen LogP contribution in [0.5, 0.6) is 0 Å². The van der Waals surface area contributed by atoms with E-state index < -0.39 is 0 Å². The molecule has 0 bridgehead atoms. The average molecular weight is 252 g/mol. The molecule has 0 fully saturated rings. The molecule has 0 saturated carbocycles. The Bertz CT molecular complexity index is 409. The molecule has 0 aromatic carbocycles. The standard InChI is InChI=1S/C12H20N4O2/c1-9(17)5-4-8-16-12(10(2)18-3)11(6-7-13)14-15-16/h9-10,17H,4-6,8H2,1-3H3. The molecule has 2 unspecified atom stereocenters. The van der Waals surface area contributed by atoms with Crippen LogP contribution in [0.1, 0.15) is 44.2 Å². The van der Waals surface area contributed by atoms with Crippen molar-refractivity contribution in [3.63, 3.8) is 0 Å². The summed E-state index contributed by atoms with van der Waals surface area (Å²) in [5.41, 5.74) is 1.52. The second-order valence-corrected chi connectivity index (χ2v) is 4.35. The molecule has 2 atom stereocenters. The number of ether oxygens (including phenoxy) is 1. The average Bonchev–Trinajstić information content (AvgIpc) is 2.71. The van der Waals surface area contributed by atoms with E-state index in [0.29, 0.717) is 18.7 Å². The number of aliphatic hydroxyl groups excluding tert-OH is 1. The van der Waals surface area contributed by atoms with Crippen molar-refractivity contribution in [3.05, 3.63) is 11.4 Å². The van der Waals surface area contributed by atoms with Gasteiger partial charge in [-0.1, -0.05) is 5.21 Å². The molecular formula is C12H20N4O2. The van der Waals surface area contributed by atoms with Crippen molar-refractivity contribution in [1.82, 2.24) is 15.0 Å². The summed E-state index contributed by atoms with van der Waals surface area (Å²) < 4.78 is 7.06. The molecule has 0 aliphatic heterocycles. The summed E-state index contributed by atoms with van der Waals surface area (Å²) in [5, 5.41) is 26.1. The number of nitrogens with zero attached hydrogens (tertiary/aromatic N) is 4. The Labute approximate surface area is 107 Å². The Hall–Kier alpha value is -1.45. The van der Waals surface area contributed by atoms with Gasteiger partial charge in [-0.05, 0) is 26.7 Å². The SMILES string of the molecule is COC(C)c1c(CC#N)nnn1CCCC(C)O. The lowest BCUT2D eigenvalue weighted by Gasteiger charge is -2.13. The van der Waals surface area contributed by atoms with Crippen LogP contribution in [0, 0.1) is 11.3 Å². The fourth-order valence-corrected chi connectivity index (χ4v) is 1.81. The first kappa shape index (κ1) is 14.6. The molecule has 6 nitrogen and oxygen atoms in total. The zero-order valence-corrected chi connectivity index (χ0v) is 11.1. The molecule has 0 amide bonds.